The number of nitrogens with one attached hydrogen (secondary N) is 1. The van der Waals surface area contributed by atoms with Crippen LogP contribution in [0.2, 0.25) is 5.15 Å². The first kappa shape index (κ1) is 13.6. The van der Waals surface area contributed by atoms with Crippen LogP contribution in [-0.2, 0) is 0 Å². The summed E-state index contributed by atoms with van der Waals surface area (Å²) in [7, 11) is 0. The number of nitrogens with zero attached hydrogens (tertiary/aromatic N) is 2. The minimum atomic E-state index is 0.0167. The van der Waals surface area contributed by atoms with Gasteiger partial charge in [-0.05, 0) is 25.2 Å². The molecule has 0 bridgehead atoms. The van der Waals surface area contributed by atoms with E-state index in [1.807, 2.05) is 0 Å². The standard InChI is InChI=1S/C13H20ClN3O/c1-8(2)5-10(7-18)15-12-6-11(14)16-13(17-12)9-3-4-9/h6,8-10,18H,3-5,7H2,1-2H3,(H,15,16,17). The Morgan fingerprint density at radius 1 is 1.44 bits per heavy atom. The number of anilines is 1. The molecule has 0 amide bonds. The third kappa shape index (κ3) is 3.82. The molecule has 1 heterocycles. The Hall–Kier alpha value is -0.870. The summed E-state index contributed by atoms with van der Waals surface area (Å²) in [5.74, 6) is 2.54. The van der Waals surface area contributed by atoms with Gasteiger partial charge in [0.15, 0.2) is 0 Å². The summed E-state index contributed by atoms with van der Waals surface area (Å²) in [5.41, 5.74) is 0. The Morgan fingerprint density at radius 2 is 2.17 bits per heavy atom. The predicted octanol–water partition coefficient (Wildman–Crippen LogP) is 2.83. The SMILES string of the molecule is CC(C)CC(CO)Nc1cc(Cl)nc(C2CC2)n1. The van der Waals surface area contributed by atoms with Gasteiger partial charge < -0.3 is 10.4 Å². The quantitative estimate of drug-likeness (QED) is 0.780. The van der Waals surface area contributed by atoms with Gasteiger partial charge >= 0.3 is 0 Å². The molecule has 1 aromatic heterocycles. The van der Waals surface area contributed by atoms with Crippen LogP contribution in [0.1, 0.15) is 44.9 Å². The van der Waals surface area contributed by atoms with Crippen molar-refractivity contribution in [3.8, 4) is 0 Å². The van der Waals surface area contributed by atoms with Crippen LogP contribution < -0.4 is 5.32 Å². The average Bonchev–Trinajstić information content (AvgIpc) is 3.10. The fourth-order valence-electron chi connectivity index (χ4n) is 1.99. The summed E-state index contributed by atoms with van der Waals surface area (Å²) < 4.78 is 0. The molecular weight excluding hydrogens is 250 g/mol. The van der Waals surface area contributed by atoms with E-state index in [0.717, 1.165) is 30.9 Å². The first-order valence-corrected chi connectivity index (χ1v) is 6.88. The van der Waals surface area contributed by atoms with Crippen LogP contribution >= 0.6 is 11.6 Å². The average molecular weight is 270 g/mol. The highest BCUT2D eigenvalue weighted by Crippen LogP contribution is 2.38. The van der Waals surface area contributed by atoms with Crippen molar-refractivity contribution < 1.29 is 5.11 Å². The molecule has 4 nitrogen and oxygen atoms in total. The molecule has 1 saturated carbocycles. The van der Waals surface area contributed by atoms with Crippen LogP contribution in [-0.4, -0.2) is 27.7 Å². The number of halogens is 1. The van der Waals surface area contributed by atoms with Crippen molar-refractivity contribution in [2.75, 3.05) is 11.9 Å². The van der Waals surface area contributed by atoms with Gasteiger partial charge in [-0.15, -0.1) is 0 Å². The zero-order valence-corrected chi connectivity index (χ0v) is 11.6. The van der Waals surface area contributed by atoms with Gasteiger partial charge in [0, 0.05) is 12.0 Å². The molecule has 100 valence electrons. The molecule has 1 aromatic rings. The van der Waals surface area contributed by atoms with E-state index in [0.29, 0.717) is 17.0 Å². The third-order valence-electron chi connectivity index (χ3n) is 2.98. The summed E-state index contributed by atoms with van der Waals surface area (Å²) in [6.07, 6.45) is 3.20. The van der Waals surface area contributed by atoms with E-state index in [1.54, 1.807) is 6.07 Å². The number of hydrogen-bond acceptors (Lipinski definition) is 4. The topological polar surface area (TPSA) is 58.0 Å². The van der Waals surface area contributed by atoms with Gasteiger partial charge in [0.05, 0.1) is 12.6 Å². The molecule has 0 spiro atoms. The molecule has 0 saturated heterocycles. The second-order valence-electron chi connectivity index (χ2n) is 5.36. The zero-order chi connectivity index (χ0) is 13.1. The maximum Gasteiger partial charge on any atom is 0.135 e. The molecule has 1 aliphatic carbocycles. The minimum absolute atomic E-state index is 0.0167. The highest BCUT2D eigenvalue weighted by molar-refractivity contribution is 6.29. The summed E-state index contributed by atoms with van der Waals surface area (Å²) in [6, 6.07) is 1.74. The van der Waals surface area contributed by atoms with Gasteiger partial charge in [0.1, 0.15) is 16.8 Å². The Bertz CT molecular complexity index is 407. The summed E-state index contributed by atoms with van der Waals surface area (Å²) >= 11 is 6.00. The van der Waals surface area contributed by atoms with Gasteiger partial charge in [0.2, 0.25) is 0 Å². The molecule has 18 heavy (non-hydrogen) atoms. The van der Waals surface area contributed by atoms with E-state index in [2.05, 4.69) is 29.1 Å². The normalized spacial score (nSPS) is 16.9. The Labute approximate surface area is 113 Å². The maximum absolute atomic E-state index is 9.36. The monoisotopic (exact) mass is 269 g/mol. The van der Waals surface area contributed by atoms with Crippen molar-refractivity contribution in [2.45, 2.75) is 45.1 Å². The van der Waals surface area contributed by atoms with Gasteiger partial charge in [0.25, 0.3) is 0 Å². The van der Waals surface area contributed by atoms with E-state index in [9.17, 15) is 5.11 Å². The van der Waals surface area contributed by atoms with E-state index < -0.39 is 0 Å². The van der Waals surface area contributed by atoms with Crippen molar-refractivity contribution >= 4 is 17.4 Å². The smallest absolute Gasteiger partial charge is 0.135 e. The van der Waals surface area contributed by atoms with Gasteiger partial charge in [-0.25, -0.2) is 9.97 Å². The molecule has 2 N–H and O–H groups in total. The molecule has 0 aliphatic heterocycles. The molecular formula is C13H20ClN3O. The highest BCUT2D eigenvalue weighted by atomic mass is 35.5. The van der Waals surface area contributed by atoms with E-state index in [-0.39, 0.29) is 12.6 Å². The summed E-state index contributed by atoms with van der Waals surface area (Å²) in [5, 5.41) is 13.1. The second kappa shape index (κ2) is 5.85. The number of aliphatic hydroxyl groups excluding tert-OH is 1. The fraction of sp³-hybridized carbons (Fsp3) is 0.692. The number of aromatic nitrogens is 2. The summed E-state index contributed by atoms with van der Waals surface area (Å²) in [4.78, 5) is 8.71. The Morgan fingerprint density at radius 3 is 2.72 bits per heavy atom. The van der Waals surface area contributed by atoms with Crippen molar-refractivity contribution in [3.05, 3.63) is 17.0 Å². The Kier molecular flexibility index (Phi) is 4.40. The van der Waals surface area contributed by atoms with Crippen LogP contribution in [0.4, 0.5) is 5.82 Å². The van der Waals surface area contributed by atoms with Crippen molar-refractivity contribution in [1.82, 2.24) is 9.97 Å². The van der Waals surface area contributed by atoms with E-state index in [1.165, 1.54) is 0 Å². The van der Waals surface area contributed by atoms with Crippen molar-refractivity contribution in [3.63, 3.8) is 0 Å². The van der Waals surface area contributed by atoms with Gasteiger partial charge in [-0.2, -0.15) is 0 Å². The van der Waals surface area contributed by atoms with Crippen LogP contribution in [0.3, 0.4) is 0 Å². The second-order valence-corrected chi connectivity index (χ2v) is 5.75. The van der Waals surface area contributed by atoms with Crippen molar-refractivity contribution in [2.24, 2.45) is 5.92 Å². The molecule has 1 unspecified atom stereocenters. The molecule has 5 heteroatoms. The number of rotatable bonds is 6. The zero-order valence-electron chi connectivity index (χ0n) is 10.9. The lowest BCUT2D eigenvalue weighted by molar-refractivity contribution is 0.259. The van der Waals surface area contributed by atoms with Gasteiger partial charge in [-0.1, -0.05) is 25.4 Å². The minimum Gasteiger partial charge on any atom is -0.394 e. The molecule has 0 aromatic carbocycles. The summed E-state index contributed by atoms with van der Waals surface area (Å²) in [6.45, 7) is 4.36. The number of hydrogen-bond donors (Lipinski definition) is 2. The van der Waals surface area contributed by atoms with E-state index >= 15 is 0 Å². The third-order valence-corrected chi connectivity index (χ3v) is 3.18. The van der Waals surface area contributed by atoms with Crippen LogP contribution in [0.5, 0.6) is 0 Å². The van der Waals surface area contributed by atoms with Crippen LogP contribution in [0, 0.1) is 5.92 Å². The molecule has 0 radical (unpaired) electrons. The highest BCUT2D eigenvalue weighted by Gasteiger charge is 2.27. The number of aliphatic hydroxyl groups is 1. The molecule has 1 atom stereocenters. The fourth-order valence-corrected chi connectivity index (χ4v) is 2.18. The van der Waals surface area contributed by atoms with Gasteiger partial charge in [-0.3, -0.25) is 0 Å². The van der Waals surface area contributed by atoms with Crippen LogP contribution in [0.25, 0.3) is 0 Å². The molecule has 2 rings (SSSR count). The first-order valence-electron chi connectivity index (χ1n) is 6.50. The maximum atomic E-state index is 9.36. The molecule has 1 aliphatic rings. The van der Waals surface area contributed by atoms with Crippen molar-refractivity contribution in [1.29, 1.82) is 0 Å². The predicted molar refractivity (Wildman–Crippen MR) is 73.0 cm³/mol. The lowest BCUT2D eigenvalue weighted by Crippen LogP contribution is -2.26. The van der Waals surface area contributed by atoms with E-state index in [4.69, 9.17) is 11.6 Å². The van der Waals surface area contributed by atoms with Crippen LogP contribution in [0.15, 0.2) is 6.07 Å². The largest absolute Gasteiger partial charge is 0.394 e. The Balaban J connectivity index is 2.07. The first-order chi connectivity index (χ1) is 8.58. The lowest BCUT2D eigenvalue weighted by Gasteiger charge is -2.19. The lowest BCUT2D eigenvalue weighted by atomic mass is 10.0. The molecule has 1 fully saturated rings.